The van der Waals surface area contributed by atoms with Crippen LogP contribution in [0.15, 0.2) is 35.4 Å². The number of benzene rings is 1. The van der Waals surface area contributed by atoms with E-state index in [1.807, 2.05) is 37.3 Å². The van der Waals surface area contributed by atoms with E-state index < -0.39 is 0 Å². The molecule has 4 nitrogen and oxygen atoms in total. The Balaban J connectivity index is 2.19. The SMILES string of the molecule is CC1=NN(c2ccccc2)C(=O)[C@@H]1CCC#N. The third kappa shape index (κ3) is 2.18. The Hall–Kier alpha value is -2.15. The van der Waals surface area contributed by atoms with Crippen molar-refractivity contribution in [2.45, 2.75) is 19.8 Å². The molecule has 0 saturated carbocycles. The fourth-order valence-corrected chi connectivity index (χ4v) is 1.90. The van der Waals surface area contributed by atoms with E-state index in [0.29, 0.717) is 12.8 Å². The van der Waals surface area contributed by atoms with Gasteiger partial charge in [-0.05, 0) is 25.5 Å². The molecule has 1 atom stereocenters. The molecule has 0 aromatic heterocycles. The number of hydrogen-bond donors (Lipinski definition) is 0. The van der Waals surface area contributed by atoms with Gasteiger partial charge in [0.05, 0.1) is 17.7 Å². The fourth-order valence-electron chi connectivity index (χ4n) is 1.90. The zero-order chi connectivity index (χ0) is 12.3. The summed E-state index contributed by atoms with van der Waals surface area (Å²) in [5, 5.41) is 14.3. The first-order valence-electron chi connectivity index (χ1n) is 5.55. The summed E-state index contributed by atoms with van der Waals surface area (Å²) in [6.45, 7) is 1.84. The number of para-hydroxylation sites is 1. The maximum absolute atomic E-state index is 12.1. The van der Waals surface area contributed by atoms with Gasteiger partial charge in [0.25, 0.3) is 5.91 Å². The summed E-state index contributed by atoms with van der Waals surface area (Å²) >= 11 is 0. The summed E-state index contributed by atoms with van der Waals surface area (Å²) in [5.41, 5.74) is 1.56. The Morgan fingerprint density at radius 2 is 2.12 bits per heavy atom. The molecule has 0 spiro atoms. The Morgan fingerprint density at radius 1 is 1.41 bits per heavy atom. The van der Waals surface area contributed by atoms with E-state index in [1.165, 1.54) is 5.01 Å². The van der Waals surface area contributed by atoms with Gasteiger partial charge in [-0.2, -0.15) is 10.4 Å². The number of hydrogen-bond acceptors (Lipinski definition) is 3. The Labute approximate surface area is 100 Å². The lowest BCUT2D eigenvalue weighted by Gasteiger charge is -2.13. The third-order valence-electron chi connectivity index (χ3n) is 2.81. The second-order valence-corrected chi connectivity index (χ2v) is 3.98. The van der Waals surface area contributed by atoms with Crippen LogP contribution in [0.5, 0.6) is 0 Å². The van der Waals surface area contributed by atoms with E-state index in [2.05, 4.69) is 11.2 Å². The summed E-state index contributed by atoms with van der Waals surface area (Å²) in [6.07, 6.45) is 0.930. The third-order valence-corrected chi connectivity index (χ3v) is 2.81. The van der Waals surface area contributed by atoms with Gasteiger partial charge in [0.15, 0.2) is 0 Å². The van der Waals surface area contributed by atoms with E-state index in [-0.39, 0.29) is 11.8 Å². The van der Waals surface area contributed by atoms with Crippen LogP contribution in [0.2, 0.25) is 0 Å². The van der Waals surface area contributed by atoms with Crippen LogP contribution in [-0.4, -0.2) is 11.6 Å². The highest BCUT2D eigenvalue weighted by Crippen LogP contribution is 2.25. The number of nitrogens with zero attached hydrogens (tertiary/aromatic N) is 3. The van der Waals surface area contributed by atoms with Gasteiger partial charge in [0.2, 0.25) is 0 Å². The lowest BCUT2D eigenvalue weighted by Crippen LogP contribution is -2.26. The summed E-state index contributed by atoms with van der Waals surface area (Å²) in [4.78, 5) is 12.1. The van der Waals surface area contributed by atoms with Gasteiger partial charge in [-0.15, -0.1) is 0 Å². The van der Waals surface area contributed by atoms with Crippen molar-refractivity contribution in [1.29, 1.82) is 5.26 Å². The van der Waals surface area contributed by atoms with Gasteiger partial charge in [-0.3, -0.25) is 4.79 Å². The van der Waals surface area contributed by atoms with Gasteiger partial charge in [-0.1, -0.05) is 18.2 Å². The number of carbonyl (C=O) groups excluding carboxylic acids is 1. The van der Waals surface area contributed by atoms with Crippen LogP contribution in [0, 0.1) is 17.2 Å². The molecule has 1 aromatic rings. The largest absolute Gasteiger partial charge is 0.272 e. The highest BCUT2D eigenvalue weighted by molar-refractivity contribution is 6.14. The van der Waals surface area contributed by atoms with Crippen molar-refractivity contribution in [2.24, 2.45) is 11.0 Å². The van der Waals surface area contributed by atoms with Crippen LogP contribution in [0.4, 0.5) is 5.69 Å². The summed E-state index contributed by atoms with van der Waals surface area (Å²) in [5.74, 6) is -0.279. The number of carbonyl (C=O) groups is 1. The molecule has 1 amide bonds. The second-order valence-electron chi connectivity index (χ2n) is 3.98. The molecule has 0 bridgehead atoms. The minimum absolute atomic E-state index is 0.0380. The Morgan fingerprint density at radius 3 is 2.76 bits per heavy atom. The first-order valence-corrected chi connectivity index (χ1v) is 5.55. The Bertz CT molecular complexity index is 487. The Kier molecular flexibility index (Phi) is 3.20. The maximum Gasteiger partial charge on any atom is 0.256 e. The van der Waals surface area contributed by atoms with Crippen molar-refractivity contribution in [2.75, 3.05) is 5.01 Å². The minimum atomic E-state index is -0.241. The highest BCUT2D eigenvalue weighted by Gasteiger charge is 2.33. The predicted molar refractivity (Wildman–Crippen MR) is 65.4 cm³/mol. The molecule has 0 fully saturated rings. The number of anilines is 1. The molecule has 1 aromatic carbocycles. The standard InChI is InChI=1S/C13H13N3O/c1-10-12(8-5-9-14)13(17)16(15-10)11-6-3-2-4-7-11/h2-4,6-7,12H,5,8H2,1H3/t12-/m1/s1. The quantitative estimate of drug-likeness (QED) is 0.795. The van der Waals surface area contributed by atoms with Crippen LogP contribution in [-0.2, 0) is 4.79 Å². The average molecular weight is 227 g/mol. The molecular formula is C13H13N3O. The zero-order valence-corrected chi connectivity index (χ0v) is 9.63. The molecule has 2 rings (SSSR count). The van der Waals surface area contributed by atoms with E-state index in [1.54, 1.807) is 0 Å². The molecule has 0 N–H and O–H groups in total. The van der Waals surface area contributed by atoms with Gasteiger partial charge in [0.1, 0.15) is 0 Å². The van der Waals surface area contributed by atoms with Crippen molar-refractivity contribution in [3.8, 4) is 6.07 Å². The van der Waals surface area contributed by atoms with E-state index in [9.17, 15) is 4.79 Å². The van der Waals surface area contributed by atoms with Crippen molar-refractivity contribution in [3.63, 3.8) is 0 Å². The molecule has 0 aliphatic carbocycles. The maximum atomic E-state index is 12.1. The van der Waals surface area contributed by atoms with Crippen molar-refractivity contribution in [1.82, 2.24) is 0 Å². The molecule has 0 unspecified atom stereocenters. The summed E-state index contributed by atoms with van der Waals surface area (Å²) < 4.78 is 0. The molecule has 0 radical (unpaired) electrons. The number of hydrazone groups is 1. The highest BCUT2D eigenvalue weighted by atomic mass is 16.2. The number of amides is 1. The van der Waals surface area contributed by atoms with E-state index in [0.717, 1.165) is 11.4 Å². The second kappa shape index (κ2) is 4.79. The lowest BCUT2D eigenvalue weighted by molar-refractivity contribution is -0.119. The summed E-state index contributed by atoms with van der Waals surface area (Å²) in [7, 11) is 0. The molecule has 86 valence electrons. The fraction of sp³-hybridized carbons (Fsp3) is 0.308. The summed E-state index contributed by atoms with van der Waals surface area (Å²) in [6, 6.07) is 11.4. The smallest absolute Gasteiger partial charge is 0.256 e. The van der Waals surface area contributed by atoms with E-state index >= 15 is 0 Å². The van der Waals surface area contributed by atoms with Gasteiger partial charge in [0, 0.05) is 12.1 Å². The molecular weight excluding hydrogens is 214 g/mol. The number of nitriles is 1. The average Bonchev–Trinajstić information content (AvgIpc) is 2.64. The van der Waals surface area contributed by atoms with E-state index in [4.69, 9.17) is 5.26 Å². The first-order chi connectivity index (χ1) is 8.24. The van der Waals surface area contributed by atoms with Gasteiger partial charge in [-0.25, -0.2) is 5.01 Å². The molecule has 0 saturated heterocycles. The molecule has 17 heavy (non-hydrogen) atoms. The predicted octanol–water partition coefficient (Wildman–Crippen LogP) is 2.33. The van der Waals surface area contributed by atoms with Crippen LogP contribution in [0.1, 0.15) is 19.8 Å². The van der Waals surface area contributed by atoms with Crippen LogP contribution < -0.4 is 5.01 Å². The van der Waals surface area contributed by atoms with Crippen molar-refractivity contribution in [3.05, 3.63) is 30.3 Å². The molecule has 1 aliphatic heterocycles. The lowest BCUT2D eigenvalue weighted by atomic mass is 9.99. The van der Waals surface area contributed by atoms with Crippen LogP contribution >= 0.6 is 0 Å². The monoisotopic (exact) mass is 227 g/mol. The van der Waals surface area contributed by atoms with Crippen LogP contribution in [0.25, 0.3) is 0 Å². The first kappa shape index (κ1) is 11.3. The zero-order valence-electron chi connectivity index (χ0n) is 9.63. The molecule has 1 heterocycles. The van der Waals surface area contributed by atoms with Crippen molar-refractivity contribution < 1.29 is 4.79 Å². The van der Waals surface area contributed by atoms with Crippen LogP contribution in [0.3, 0.4) is 0 Å². The molecule has 1 aliphatic rings. The minimum Gasteiger partial charge on any atom is -0.272 e. The number of rotatable bonds is 3. The van der Waals surface area contributed by atoms with Crippen molar-refractivity contribution >= 4 is 17.3 Å². The van der Waals surface area contributed by atoms with Gasteiger partial charge >= 0.3 is 0 Å². The topological polar surface area (TPSA) is 56.5 Å². The van der Waals surface area contributed by atoms with Gasteiger partial charge < -0.3 is 0 Å². The molecule has 4 heteroatoms. The normalized spacial score (nSPS) is 19.1.